The van der Waals surface area contributed by atoms with Crippen molar-refractivity contribution in [2.45, 2.75) is 13.5 Å². The van der Waals surface area contributed by atoms with Crippen LogP contribution in [0.4, 0.5) is 5.69 Å². The zero-order valence-electron chi connectivity index (χ0n) is 11.4. The minimum atomic E-state index is -0.396. The Kier molecular flexibility index (Phi) is 4.95. The van der Waals surface area contributed by atoms with Crippen molar-refractivity contribution >= 4 is 23.0 Å². The molecule has 0 radical (unpaired) electrons. The zero-order valence-corrected chi connectivity index (χ0v) is 12.2. The van der Waals surface area contributed by atoms with Crippen molar-refractivity contribution in [1.82, 2.24) is 4.98 Å². The third kappa shape index (κ3) is 4.24. The highest BCUT2D eigenvalue weighted by Gasteiger charge is 2.02. The Morgan fingerprint density at radius 3 is 2.70 bits per heavy atom. The fraction of sp³-hybridized carbons (Fsp3) is 0.286. The molecule has 0 saturated carbocycles. The van der Waals surface area contributed by atoms with Crippen molar-refractivity contribution < 1.29 is 14.3 Å². The molecule has 0 saturated heterocycles. The van der Waals surface area contributed by atoms with Gasteiger partial charge in [0.05, 0.1) is 18.7 Å². The van der Waals surface area contributed by atoms with E-state index in [4.69, 9.17) is 4.74 Å². The normalized spacial score (nSPS) is 10.1. The van der Waals surface area contributed by atoms with E-state index < -0.39 is 5.97 Å². The summed E-state index contributed by atoms with van der Waals surface area (Å²) >= 11 is 1.67. The number of nitrogens with zero attached hydrogens (tertiary/aromatic N) is 1. The zero-order chi connectivity index (χ0) is 14.4. The summed E-state index contributed by atoms with van der Waals surface area (Å²) in [5, 5.41) is 4.36. The molecule has 0 fully saturated rings. The number of rotatable bonds is 6. The molecule has 0 bridgehead atoms. The highest BCUT2D eigenvalue weighted by Crippen LogP contribution is 2.18. The van der Waals surface area contributed by atoms with Gasteiger partial charge in [-0.05, 0) is 31.2 Å². The molecule has 2 rings (SSSR count). The molecule has 0 aliphatic carbocycles. The summed E-state index contributed by atoms with van der Waals surface area (Å²) in [7, 11) is 1.33. The van der Waals surface area contributed by atoms with E-state index in [1.54, 1.807) is 11.3 Å². The maximum Gasteiger partial charge on any atom is 0.343 e. The van der Waals surface area contributed by atoms with Crippen LogP contribution >= 0.6 is 11.3 Å². The number of nitrogens with one attached hydrogen (secondary N) is 1. The number of methoxy groups -OCH3 is 1. The molecule has 6 heteroatoms. The van der Waals surface area contributed by atoms with E-state index in [9.17, 15) is 4.79 Å². The maximum atomic E-state index is 10.9. The van der Waals surface area contributed by atoms with E-state index in [0.717, 1.165) is 17.2 Å². The highest BCUT2D eigenvalue weighted by molar-refractivity contribution is 7.11. The SMILES string of the molecule is COC(=O)COc1ccc(NCc2cnc(C)s2)cc1. The molecule has 5 nitrogen and oxygen atoms in total. The Labute approximate surface area is 121 Å². The molecule has 0 aliphatic heterocycles. The molecule has 2 aromatic rings. The lowest BCUT2D eigenvalue weighted by atomic mass is 10.3. The van der Waals surface area contributed by atoms with Crippen LogP contribution in [0.25, 0.3) is 0 Å². The van der Waals surface area contributed by atoms with Gasteiger partial charge in [-0.3, -0.25) is 0 Å². The van der Waals surface area contributed by atoms with Gasteiger partial charge in [0.2, 0.25) is 0 Å². The third-order valence-corrected chi connectivity index (χ3v) is 3.49. The molecule has 1 aromatic heterocycles. The third-order valence-electron chi connectivity index (χ3n) is 2.57. The van der Waals surface area contributed by atoms with Crippen molar-refractivity contribution in [1.29, 1.82) is 0 Å². The van der Waals surface area contributed by atoms with Crippen LogP contribution in [-0.4, -0.2) is 24.7 Å². The number of hydrogen-bond donors (Lipinski definition) is 1. The van der Waals surface area contributed by atoms with Crippen molar-refractivity contribution in [2.75, 3.05) is 19.0 Å². The molecular weight excluding hydrogens is 276 g/mol. The second-order valence-corrected chi connectivity index (χ2v) is 5.41. The van der Waals surface area contributed by atoms with Crippen molar-refractivity contribution in [3.8, 4) is 5.75 Å². The Morgan fingerprint density at radius 2 is 2.10 bits per heavy atom. The van der Waals surface area contributed by atoms with Crippen LogP contribution in [0.1, 0.15) is 9.88 Å². The van der Waals surface area contributed by atoms with Crippen LogP contribution in [0.2, 0.25) is 0 Å². The molecule has 0 atom stereocenters. The topological polar surface area (TPSA) is 60.5 Å². The minimum absolute atomic E-state index is 0.0799. The van der Waals surface area contributed by atoms with Crippen LogP contribution in [0.3, 0.4) is 0 Å². The summed E-state index contributed by atoms with van der Waals surface area (Å²) in [5.74, 6) is 0.238. The van der Waals surface area contributed by atoms with E-state index in [0.29, 0.717) is 5.75 Å². The fourth-order valence-corrected chi connectivity index (χ4v) is 2.28. The molecule has 0 aliphatic rings. The first-order valence-corrected chi connectivity index (χ1v) is 6.94. The number of anilines is 1. The predicted octanol–water partition coefficient (Wildman–Crippen LogP) is 2.62. The quantitative estimate of drug-likeness (QED) is 0.829. The Balaban J connectivity index is 1.83. The summed E-state index contributed by atoms with van der Waals surface area (Å²) in [6.45, 7) is 2.65. The smallest absolute Gasteiger partial charge is 0.343 e. The summed E-state index contributed by atoms with van der Waals surface area (Å²) in [4.78, 5) is 16.3. The number of hydrogen-bond acceptors (Lipinski definition) is 6. The van der Waals surface area contributed by atoms with E-state index >= 15 is 0 Å². The van der Waals surface area contributed by atoms with Crippen molar-refractivity contribution in [3.05, 3.63) is 40.3 Å². The number of aromatic nitrogens is 1. The van der Waals surface area contributed by atoms with Crippen molar-refractivity contribution in [2.24, 2.45) is 0 Å². The molecule has 106 valence electrons. The average molecular weight is 292 g/mol. The first-order valence-electron chi connectivity index (χ1n) is 6.12. The molecule has 1 heterocycles. The molecule has 1 N–H and O–H groups in total. The Hall–Kier alpha value is -2.08. The Bertz CT molecular complexity index is 566. The van der Waals surface area contributed by atoms with E-state index in [1.165, 1.54) is 12.0 Å². The minimum Gasteiger partial charge on any atom is -0.482 e. The van der Waals surface area contributed by atoms with Crippen LogP contribution in [0.5, 0.6) is 5.75 Å². The molecule has 0 unspecified atom stereocenters. The standard InChI is InChI=1S/C14H16N2O3S/c1-10-15-7-13(20-10)8-16-11-3-5-12(6-4-11)19-9-14(17)18-2/h3-7,16H,8-9H2,1-2H3. The molecule has 0 spiro atoms. The number of ether oxygens (including phenoxy) is 2. The second kappa shape index (κ2) is 6.91. The molecule has 1 aromatic carbocycles. The van der Waals surface area contributed by atoms with Crippen LogP contribution < -0.4 is 10.1 Å². The summed E-state index contributed by atoms with van der Waals surface area (Å²) in [6.07, 6.45) is 1.88. The highest BCUT2D eigenvalue weighted by atomic mass is 32.1. The lowest BCUT2D eigenvalue weighted by molar-refractivity contribution is -0.142. The number of esters is 1. The maximum absolute atomic E-state index is 10.9. The molecule has 20 heavy (non-hydrogen) atoms. The van der Waals surface area contributed by atoms with Gasteiger partial charge >= 0.3 is 5.97 Å². The molecular formula is C14H16N2O3S. The summed E-state index contributed by atoms with van der Waals surface area (Å²) < 4.78 is 9.77. The van der Waals surface area contributed by atoms with Crippen LogP contribution in [0.15, 0.2) is 30.5 Å². The summed E-state index contributed by atoms with van der Waals surface area (Å²) in [5.41, 5.74) is 0.987. The summed E-state index contributed by atoms with van der Waals surface area (Å²) in [6, 6.07) is 7.42. The van der Waals surface area contributed by atoms with Gasteiger partial charge in [0.1, 0.15) is 5.75 Å². The van der Waals surface area contributed by atoms with Gasteiger partial charge in [-0.25, -0.2) is 9.78 Å². The number of thiazole rings is 1. The van der Waals surface area contributed by atoms with Gasteiger partial charge in [-0.1, -0.05) is 0 Å². The monoisotopic (exact) mass is 292 g/mol. The van der Waals surface area contributed by atoms with E-state index in [1.807, 2.05) is 37.4 Å². The van der Waals surface area contributed by atoms with Gasteiger partial charge in [-0.15, -0.1) is 11.3 Å². The molecule has 0 amide bonds. The first-order chi connectivity index (χ1) is 9.67. The number of benzene rings is 1. The van der Waals surface area contributed by atoms with Gasteiger partial charge in [-0.2, -0.15) is 0 Å². The van der Waals surface area contributed by atoms with E-state index in [2.05, 4.69) is 15.0 Å². The number of carbonyl (C=O) groups is 1. The van der Waals surface area contributed by atoms with Crippen molar-refractivity contribution in [3.63, 3.8) is 0 Å². The lowest BCUT2D eigenvalue weighted by Gasteiger charge is -2.07. The van der Waals surface area contributed by atoms with Gasteiger partial charge < -0.3 is 14.8 Å². The largest absolute Gasteiger partial charge is 0.482 e. The fourth-order valence-electron chi connectivity index (χ4n) is 1.55. The van der Waals surface area contributed by atoms with Crippen LogP contribution in [-0.2, 0) is 16.1 Å². The predicted molar refractivity (Wildman–Crippen MR) is 78.1 cm³/mol. The van der Waals surface area contributed by atoms with Gasteiger partial charge in [0.15, 0.2) is 6.61 Å². The lowest BCUT2D eigenvalue weighted by Crippen LogP contribution is -2.12. The van der Waals surface area contributed by atoms with E-state index in [-0.39, 0.29) is 6.61 Å². The van der Waals surface area contributed by atoms with Gasteiger partial charge in [0, 0.05) is 16.8 Å². The average Bonchev–Trinajstić information content (AvgIpc) is 2.89. The number of carbonyl (C=O) groups excluding carboxylic acids is 1. The first kappa shape index (κ1) is 14.3. The Morgan fingerprint density at radius 1 is 1.35 bits per heavy atom. The van der Waals surface area contributed by atoms with Crippen LogP contribution in [0, 0.1) is 6.92 Å². The number of aryl methyl sites for hydroxylation is 1. The van der Waals surface area contributed by atoms with Gasteiger partial charge in [0.25, 0.3) is 0 Å². The second-order valence-electron chi connectivity index (χ2n) is 4.09.